The molecule has 1 aliphatic rings. The first-order chi connectivity index (χ1) is 9.92. The van der Waals surface area contributed by atoms with Crippen LogP contribution in [0.4, 0.5) is 0 Å². The van der Waals surface area contributed by atoms with E-state index >= 15 is 0 Å². The fourth-order valence-corrected chi connectivity index (χ4v) is 3.35. The summed E-state index contributed by atoms with van der Waals surface area (Å²) < 4.78 is 0. The van der Waals surface area contributed by atoms with E-state index in [9.17, 15) is 0 Å². The number of H-pyrrole nitrogens is 1. The number of aromatic amines is 1. The van der Waals surface area contributed by atoms with Crippen LogP contribution in [0.2, 0.25) is 0 Å². The predicted octanol–water partition coefficient (Wildman–Crippen LogP) is 4.15. The van der Waals surface area contributed by atoms with Crippen LogP contribution in [0.15, 0.2) is 46.9 Å². The highest BCUT2D eigenvalue weighted by Gasteiger charge is 2.12. The quantitative estimate of drug-likeness (QED) is 0.752. The average molecular weight is 279 g/mol. The molecule has 0 unspecified atom stereocenters. The minimum absolute atomic E-state index is 0.747. The monoisotopic (exact) mass is 279 g/mol. The lowest BCUT2D eigenvalue weighted by atomic mass is 10.1. The van der Waals surface area contributed by atoms with E-state index in [0.717, 1.165) is 29.2 Å². The third kappa shape index (κ3) is 1.89. The van der Waals surface area contributed by atoms with Gasteiger partial charge in [-0.25, -0.2) is 4.98 Å². The molecule has 0 aliphatic carbocycles. The molecule has 1 aromatic carbocycles. The van der Waals surface area contributed by atoms with Gasteiger partial charge in [0.1, 0.15) is 5.01 Å². The minimum Gasteiger partial charge on any atom is -0.360 e. The van der Waals surface area contributed by atoms with Gasteiger partial charge in [-0.15, -0.1) is 11.3 Å². The van der Waals surface area contributed by atoms with E-state index in [4.69, 9.17) is 4.98 Å². The summed E-state index contributed by atoms with van der Waals surface area (Å²) in [7, 11) is 0. The molecular weight excluding hydrogens is 266 g/mol. The topological polar surface area (TPSA) is 41.0 Å². The molecule has 1 N–H and O–H groups in total. The van der Waals surface area contributed by atoms with Crippen LogP contribution in [-0.2, 0) is 0 Å². The molecule has 0 bridgehead atoms. The Balaban J connectivity index is 1.76. The van der Waals surface area contributed by atoms with E-state index in [1.165, 1.54) is 16.5 Å². The third-order valence-electron chi connectivity index (χ3n) is 3.51. The molecule has 20 heavy (non-hydrogen) atoms. The van der Waals surface area contributed by atoms with Crippen LogP contribution in [0.25, 0.3) is 27.0 Å². The maximum Gasteiger partial charge on any atom is 0.126 e. The Morgan fingerprint density at radius 1 is 1.20 bits per heavy atom. The van der Waals surface area contributed by atoms with Crippen LogP contribution in [-0.4, -0.2) is 22.7 Å². The van der Waals surface area contributed by atoms with Gasteiger partial charge in [-0.1, -0.05) is 24.3 Å². The molecule has 4 heteroatoms. The Bertz CT molecular complexity index is 823. The number of hydrogen-bond acceptors (Lipinski definition) is 3. The Morgan fingerprint density at radius 3 is 3.05 bits per heavy atom. The molecule has 3 aromatic rings. The smallest absolute Gasteiger partial charge is 0.126 e. The second-order valence-electron chi connectivity index (χ2n) is 4.77. The number of nitrogens with one attached hydrogen (secondary N) is 1. The first kappa shape index (κ1) is 11.6. The van der Waals surface area contributed by atoms with Crippen molar-refractivity contribution in [2.75, 3.05) is 6.54 Å². The Labute approximate surface area is 120 Å². The zero-order chi connectivity index (χ0) is 13.4. The van der Waals surface area contributed by atoms with Crippen LogP contribution in [0.1, 0.15) is 12.1 Å². The van der Waals surface area contributed by atoms with E-state index in [0.29, 0.717) is 0 Å². The van der Waals surface area contributed by atoms with Crippen molar-refractivity contribution in [3.05, 3.63) is 47.6 Å². The third-order valence-corrected chi connectivity index (χ3v) is 4.39. The predicted molar refractivity (Wildman–Crippen MR) is 85.4 cm³/mol. The first-order valence-electron chi connectivity index (χ1n) is 6.61. The summed E-state index contributed by atoms with van der Waals surface area (Å²) in [6.07, 6.45) is 7.12. The molecule has 0 saturated heterocycles. The van der Waals surface area contributed by atoms with Crippen molar-refractivity contribution >= 4 is 34.0 Å². The second-order valence-corrected chi connectivity index (χ2v) is 5.63. The number of thiazole rings is 1. The number of rotatable bonds is 2. The molecule has 0 atom stereocenters. The van der Waals surface area contributed by atoms with Crippen LogP contribution in [0.5, 0.6) is 0 Å². The van der Waals surface area contributed by atoms with Gasteiger partial charge in [-0.05, 0) is 11.6 Å². The van der Waals surface area contributed by atoms with E-state index in [1.54, 1.807) is 11.3 Å². The fourth-order valence-electron chi connectivity index (χ4n) is 2.48. The van der Waals surface area contributed by atoms with Crippen molar-refractivity contribution in [3.8, 4) is 10.6 Å². The SMILES string of the molecule is C1=NCC(c2csc(-c3c[nH]c4ccccc34)n2)=CC1. The largest absolute Gasteiger partial charge is 0.360 e. The lowest BCUT2D eigenvalue weighted by Crippen LogP contribution is -1.95. The number of allylic oxidation sites excluding steroid dienone is 1. The standard InChI is InChI=1S/C16H13N3S/c1-2-6-14-12(5-1)13(9-18-14)16-19-15(10-20-16)11-4-3-7-17-8-11/h1-2,4-7,9-10,18H,3,8H2. The van der Waals surface area contributed by atoms with E-state index in [2.05, 4.69) is 39.6 Å². The molecule has 0 spiro atoms. The van der Waals surface area contributed by atoms with Gasteiger partial charge in [0.05, 0.1) is 12.2 Å². The van der Waals surface area contributed by atoms with Gasteiger partial charge in [-0.2, -0.15) is 0 Å². The Hall–Kier alpha value is -2.20. The first-order valence-corrected chi connectivity index (χ1v) is 7.49. The number of aliphatic imine (C=N–C) groups is 1. The summed E-state index contributed by atoms with van der Waals surface area (Å²) in [6, 6.07) is 8.32. The van der Waals surface area contributed by atoms with Crippen molar-refractivity contribution in [2.24, 2.45) is 4.99 Å². The highest BCUT2D eigenvalue weighted by Crippen LogP contribution is 2.32. The molecule has 3 nitrogen and oxygen atoms in total. The van der Waals surface area contributed by atoms with Gasteiger partial charge < -0.3 is 4.98 Å². The van der Waals surface area contributed by atoms with Crippen molar-refractivity contribution in [3.63, 3.8) is 0 Å². The summed E-state index contributed by atoms with van der Waals surface area (Å²) in [5, 5.41) is 4.42. The normalized spacial score (nSPS) is 14.7. The molecule has 0 amide bonds. The summed E-state index contributed by atoms with van der Waals surface area (Å²) in [6.45, 7) is 0.747. The van der Waals surface area contributed by atoms with Crippen molar-refractivity contribution in [1.29, 1.82) is 0 Å². The van der Waals surface area contributed by atoms with E-state index in [1.807, 2.05) is 18.5 Å². The van der Waals surface area contributed by atoms with Gasteiger partial charge in [0, 0.05) is 40.7 Å². The second kappa shape index (κ2) is 4.72. The summed E-state index contributed by atoms with van der Waals surface area (Å²) >= 11 is 1.69. The number of nitrogens with zero attached hydrogens (tertiary/aromatic N) is 2. The molecule has 0 saturated carbocycles. The van der Waals surface area contributed by atoms with Crippen molar-refractivity contribution < 1.29 is 0 Å². The van der Waals surface area contributed by atoms with Crippen molar-refractivity contribution in [2.45, 2.75) is 6.42 Å². The van der Waals surface area contributed by atoms with Crippen molar-refractivity contribution in [1.82, 2.24) is 9.97 Å². The number of para-hydroxylation sites is 1. The number of aromatic nitrogens is 2. The van der Waals surface area contributed by atoms with Gasteiger partial charge in [0.15, 0.2) is 0 Å². The summed E-state index contributed by atoms with van der Waals surface area (Å²) in [4.78, 5) is 12.4. The Kier molecular flexibility index (Phi) is 2.74. The minimum atomic E-state index is 0.747. The molecule has 4 rings (SSSR count). The molecule has 3 heterocycles. The molecule has 98 valence electrons. The van der Waals surface area contributed by atoms with Gasteiger partial charge >= 0.3 is 0 Å². The lowest BCUT2D eigenvalue weighted by Gasteiger charge is -2.03. The van der Waals surface area contributed by atoms with Crippen LogP contribution in [0, 0.1) is 0 Å². The molecule has 0 radical (unpaired) electrons. The van der Waals surface area contributed by atoms with Crippen LogP contribution in [0.3, 0.4) is 0 Å². The zero-order valence-corrected chi connectivity index (χ0v) is 11.7. The van der Waals surface area contributed by atoms with Gasteiger partial charge in [-0.3, -0.25) is 4.99 Å². The number of dihydropyridines is 1. The molecule has 0 fully saturated rings. The van der Waals surface area contributed by atoms with Gasteiger partial charge in [0.2, 0.25) is 0 Å². The number of fused-ring (bicyclic) bond motifs is 1. The summed E-state index contributed by atoms with van der Waals surface area (Å²) in [5.74, 6) is 0. The number of hydrogen-bond donors (Lipinski definition) is 1. The van der Waals surface area contributed by atoms with E-state index < -0.39 is 0 Å². The van der Waals surface area contributed by atoms with Crippen LogP contribution < -0.4 is 0 Å². The molecule has 2 aromatic heterocycles. The summed E-state index contributed by atoms with van der Waals surface area (Å²) in [5.41, 5.74) is 4.62. The maximum atomic E-state index is 4.78. The van der Waals surface area contributed by atoms with Gasteiger partial charge in [0.25, 0.3) is 0 Å². The molecular formula is C16H13N3S. The Morgan fingerprint density at radius 2 is 2.15 bits per heavy atom. The average Bonchev–Trinajstić information content (AvgIpc) is 3.14. The highest BCUT2D eigenvalue weighted by atomic mass is 32.1. The fraction of sp³-hybridized carbons (Fsp3) is 0.125. The number of benzene rings is 1. The van der Waals surface area contributed by atoms with E-state index in [-0.39, 0.29) is 0 Å². The van der Waals surface area contributed by atoms with Crippen LogP contribution >= 0.6 is 11.3 Å². The zero-order valence-electron chi connectivity index (χ0n) is 10.8. The lowest BCUT2D eigenvalue weighted by molar-refractivity contribution is 1.18. The molecule has 1 aliphatic heterocycles. The highest BCUT2D eigenvalue weighted by molar-refractivity contribution is 7.13. The maximum absolute atomic E-state index is 4.78.